The molecule has 0 aromatic carbocycles. The number of hydrogen-bond donors (Lipinski definition) is 1. The number of aromatic nitrogens is 4. The number of hydrogen-bond acceptors (Lipinski definition) is 3. The van der Waals surface area contributed by atoms with Gasteiger partial charge in [-0.1, -0.05) is 6.92 Å². The van der Waals surface area contributed by atoms with Crippen molar-refractivity contribution in [2.45, 2.75) is 26.3 Å². The Bertz CT molecular complexity index is 578. The zero-order chi connectivity index (χ0) is 12.6. The molecule has 94 valence electrons. The first-order chi connectivity index (χ1) is 8.10. The number of thioether (sulfide) groups is 1. The summed E-state index contributed by atoms with van der Waals surface area (Å²) >= 11 is 7.29. The molecule has 0 aliphatic heterocycles. The average Bonchev–Trinajstić information content (AvgIpc) is 2.75. The van der Waals surface area contributed by atoms with Gasteiger partial charge in [-0.25, -0.2) is 0 Å². The van der Waals surface area contributed by atoms with Crippen molar-refractivity contribution in [2.75, 3.05) is 12.0 Å². The maximum Gasteiger partial charge on any atom is 0.179 e. The van der Waals surface area contributed by atoms with Gasteiger partial charge in [0.1, 0.15) is 5.52 Å². The van der Waals surface area contributed by atoms with Gasteiger partial charge in [0.25, 0.3) is 0 Å². The predicted octanol–water partition coefficient (Wildman–Crippen LogP) is 3.05. The molecule has 2 rings (SSSR count). The van der Waals surface area contributed by atoms with Crippen LogP contribution in [0.2, 0.25) is 0 Å². The first-order valence-electron chi connectivity index (χ1n) is 5.72. The number of aromatic amines is 1. The molecule has 1 unspecified atom stereocenters. The van der Waals surface area contributed by atoms with Crippen LogP contribution in [0.4, 0.5) is 0 Å². The average molecular weight is 270 g/mol. The molecule has 2 aromatic heterocycles. The lowest BCUT2D eigenvalue weighted by atomic mass is 10.2. The number of rotatable bonds is 4. The summed E-state index contributed by atoms with van der Waals surface area (Å²) in [7, 11) is 1.97. The summed E-state index contributed by atoms with van der Waals surface area (Å²) in [6.45, 7) is 4.21. The van der Waals surface area contributed by atoms with Gasteiger partial charge in [-0.3, -0.25) is 9.25 Å². The molecule has 0 saturated carbocycles. The first-order valence-corrected chi connectivity index (χ1v) is 7.53. The molecular weight excluding hydrogens is 252 g/mol. The van der Waals surface area contributed by atoms with E-state index in [1.54, 1.807) is 0 Å². The van der Waals surface area contributed by atoms with Gasteiger partial charge in [-0.05, 0) is 31.8 Å². The Morgan fingerprint density at radius 1 is 1.53 bits per heavy atom. The van der Waals surface area contributed by atoms with Gasteiger partial charge in [-0.15, -0.1) is 0 Å². The van der Waals surface area contributed by atoms with E-state index in [2.05, 4.69) is 27.8 Å². The number of imidazole rings is 1. The van der Waals surface area contributed by atoms with Gasteiger partial charge in [0.15, 0.2) is 10.4 Å². The summed E-state index contributed by atoms with van der Waals surface area (Å²) in [6.07, 6.45) is 3.21. The Labute approximate surface area is 110 Å². The number of nitrogens with zero attached hydrogens (tertiary/aromatic N) is 3. The lowest BCUT2D eigenvalue weighted by molar-refractivity contribution is 0.534. The normalized spacial score (nSPS) is 13.4. The van der Waals surface area contributed by atoms with Crippen LogP contribution in [0, 0.1) is 11.7 Å². The molecule has 1 atom stereocenters. The van der Waals surface area contributed by atoms with E-state index >= 15 is 0 Å². The van der Waals surface area contributed by atoms with Gasteiger partial charge < -0.3 is 4.98 Å². The maximum atomic E-state index is 5.44. The van der Waals surface area contributed by atoms with Crippen LogP contribution in [0.3, 0.4) is 0 Å². The van der Waals surface area contributed by atoms with E-state index in [1.165, 1.54) is 0 Å². The third kappa shape index (κ3) is 2.04. The highest BCUT2D eigenvalue weighted by molar-refractivity contribution is 7.98. The third-order valence-electron chi connectivity index (χ3n) is 3.07. The van der Waals surface area contributed by atoms with Crippen LogP contribution in [-0.2, 0) is 7.05 Å². The SMILES string of the molecule is CCC(CSC)n1c(=S)[nH]c2c(C)nn(C)c21. The molecule has 17 heavy (non-hydrogen) atoms. The van der Waals surface area contributed by atoms with E-state index in [4.69, 9.17) is 12.2 Å². The van der Waals surface area contributed by atoms with Crippen molar-refractivity contribution in [2.24, 2.45) is 7.05 Å². The molecule has 2 heterocycles. The minimum atomic E-state index is 0.432. The molecule has 0 bridgehead atoms. The minimum Gasteiger partial charge on any atom is -0.328 e. The summed E-state index contributed by atoms with van der Waals surface area (Å²) in [5, 5.41) is 4.44. The lowest BCUT2D eigenvalue weighted by Gasteiger charge is -2.16. The fourth-order valence-corrected chi connectivity index (χ4v) is 3.35. The van der Waals surface area contributed by atoms with Crippen molar-refractivity contribution in [3.05, 3.63) is 10.5 Å². The Hall–Kier alpha value is -0.750. The molecule has 0 fully saturated rings. The summed E-state index contributed by atoms with van der Waals surface area (Å²) in [4.78, 5) is 3.27. The van der Waals surface area contributed by atoms with Gasteiger partial charge in [0.2, 0.25) is 0 Å². The molecule has 0 amide bonds. The second kappa shape index (κ2) is 4.86. The van der Waals surface area contributed by atoms with Crippen LogP contribution in [0.15, 0.2) is 0 Å². The number of nitrogens with one attached hydrogen (secondary N) is 1. The second-order valence-corrected chi connectivity index (χ2v) is 5.52. The Kier molecular flexibility index (Phi) is 3.63. The highest BCUT2D eigenvalue weighted by Crippen LogP contribution is 2.24. The van der Waals surface area contributed by atoms with Crippen molar-refractivity contribution in [1.29, 1.82) is 0 Å². The van der Waals surface area contributed by atoms with Crippen molar-refractivity contribution >= 4 is 35.1 Å². The van der Waals surface area contributed by atoms with Gasteiger partial charge >= 0.3 is 0 Å². The minimum absolute atomic E-state index is 0.432. The largest absolute Gasteiger partial charge is 0.328 e. The topological polar surface area (TPSA) is 38.5 Å². The van der Waals surface area contributed by atoms with Crippen LogP contribution >= 0.6 is 24.0 Å². The van der Waals surface area contributed by atoms with Gasteiger partial charge in [0.05, 0.1) is 5.69 Å². The predicted molar refractivity (Wildman–Crippen MR) is 76.3 cm³/mol. The summed E-state index contributed by atoms with van der Waals surface area (Å²) in [6, 6.07) is 0.432. The molecule has 0 aliphatic carbocycles. The Balaban J connectivity index is 2.66. The zero-order valence-electron chi connectivity index (χ0n) is 10.6. The van der Waals surface area contributed by atoms with Crippen LogP contribution in [0.25, 0.3) is 11.2 Å². The van der Waals surface area contributed by atoms with Gasteiger partial charge in [-0.2, -0.15) is 16.9 Å². The third-order valence-corrected chi connectivity index (χ3v) is 4.08. The molecule has 1 N–H and O–H groups in total. The first kappa shape index (κ1) is 12.7. The van der Waals surface area contributed by atoms with Gasteiger partial charge in [0, 0.05) is 18.8 Å². The van der Waals surface area contributed by atoms with E-state index in [0.717, 1.165) is 33.8 Å². The number of fused-ring (bicyclic) bond motifs is 1. The second-order valence-electron chi connectivity index (χ2n) is 4.23. The highest BCUT2D eigenvalue weighted by Gasteiger charge is 2.18. The monoisotopic (exact) mass is 270 g/mol. The molecular formula is C11H18N4S2. The van der Waals surface area contributed by atoms with Crippen LogP contribution < -0.4 is 0 Å². The van der Waals surface area contributed by atoms with E-state index < -0.39 is 0 Å². The molecule has 2 aromatic rings. The van der Waals surface area contributed by atoms with Crippen molar-refractivity contribution in [3.63, 3.8) is 0 Å². The van der Waals surface area contributed by atoms with Crippen LogP contribution in [0.5, 0.6) is 0 Å². The molecule has 4 nitrogen and oxygen atoms in total. The van der Waals surface area contributed by atoms with Crippen LogP contribution in [0.1, 0.15) is 25.1 Å². The lowest BCUT2D eigenvalue weighted by Crippen LogP contribution is -2.13. The Morgan fingerprint density at radius 3 is 2.82 bits per heavy atom. The maximum absolute atomic E-state index is 5.44. The smallest absolute Gasteiger partial charge is 0.179 e. The zero-order valence-corrected chi connectivity index (χ0v) is 12.3. The highest BCUT2D eigenvalue weighted by atomic mass is 32.2. The van der Waals surface area contributed by atoms with E-state index in [9.17, 15) is 0 Å². The molecule has 0 radical (unpaired) electrons. The van der Waals surface area contributed by atoms with Crippen molar-refractivity contribution in [1.82, 2.24) is 19.3 Å². The quantitative estimate of drug-likeness (QED) is 0.868. The molecule has 0 saturated heterocycles. The van der Waals surface area contributed by atoms with E-state index in [-0.39, 0.29) is 0 Å². The summed E-state index contributed by atoms with van der Waals surface area (Å²) < 4.78 is 4.93. The standard InChI is InChI=1S/C11H18N4S2/c1-5-8(6-17-4)15-10-9(12-11(15)16)7(2)13-14(10)3/h8H,5-6H2,1-4H3,(H,12,16). The van der Waals surface area contributed by atoms with Crippen molar-refractivity contribution < 1.29 is 0 Å². The van der Waals surface area contributed by atoms with E-state index in [0.29, 0.717) is 6.04 Å². The summed E-state index contributed by atoms with van der Waals surface area (Å²) in [5.41, 5.74) is 3.18. The molecule has 6 heteroatoms. The summed E-state index contributed by atoms with van der Waals surface area (Å²) in [5.74, 6) is 1.07. The van der Waals surface area contributed by atoms with Crippen LogP contribution in [-0.4, -0.2) is 31.3 Å². The molecule has 0 aliphatic rings. The number of aryl methyl sites for hydroxylation is 2. The van der Waals surface area contributed by atoms with E-state index in [1.807, 2.05) is 30.4 Å². The number of H-pyrrole nitrogens is 1. The fourth-order valence-electron chi connectivity index (χ4n) is 2.24. The van der Waals surface area contributed by atoms with Crippen molar-refractivity contribution in [3.8, 4) is 0 Å². The Morgan fingerprint density at radius 2 is 2.24 bits per heavy atom. The molecule has 0 spiro atoms. The fraction of sp³-hybridized carbons (Fsp3) is 0.636.